The number of hydrogen-bond acceptors (Lipinski definition) is 4. The Morgan fingerprint density at radius 2 is 2.18 bits per heavy atom. The highest BCUT2D eigenvalue weighted by atomic mass is 16.5. The summed E-state index contributed by atoms with van der Waals surface area (Å²) in [5.41, 5.74) is 1.86. The summed E-state index contributed by atoms with van der Waals surface area (Å²) in [6.07, 6.45) is 2.20. The van der Waals surface area contributed by atoms with Gasteiger partial charge in [-0.2, -0.15) is 0 Å². The Labute approximate surface area is 130 Å². The number of benzene rings is 1. The molecule has 0 bridgehead atoms. The molecule has 22 heavy (non-hydrogen) atoms. The molecular formula is C17H22N2O3. The van der Waals surface area contributed by atoms with E-state index in [4.69, 9.17) is 9.47 Å². The first-order valence-electron chi connectivity index (χ1n) is 8.00. The van der Waals surface area contributed by atoms with E-state index in [1.54, 1.807) is 0 Å². The molecule has 3 aliphatic rings. The van der Waals surface area contributed by atoms with Crippen molar-refractivity contribution in [2.24, 2.45) is 5.92 Å². The van der Waals surface area contributed by atoms with Crippen LogP contribution in [0.25, 0.3) is 0 Å². The Balaban J connectivity index is 1.49. The van der Waals surface area contributed by atoms with Gasteiger partial charge in [-0.05, 0) is 44.3 Å². The summed E-state index contributed by atoms with van der Waals surface area (Å²) in [6.45, 7) is 1.52. The zero-order valence-corrected chi connectivity index (χ0v) is 13.0. The van der Waals surface area contributed by atoms with Crippen LogP contribution < -0.4 is 10.1 Å². The molecule has 1 aromatic rings. The van der Waals surface area contributed by atoms with Crippen molar-refractivity contribution in [1.29, 1.82) is 0 Å². The van der Waals surface area contributed by atoms with Crippen LogP contribution in [-0.4, -0.2) is 56.3 Å². The molecule has 1 saturated carbocycles. The van der Waals surface area contributed by atoms with E-state index in [2.05, 4.69) is 24.3 Å². The molecule has 0 unspecified atom stereocenters. The third kappa shape index (κ3) is 2.11. The number of ether oxygens (including phenoxy) is 2. The molecule has 118 valence electrons. The molecule has 2 aliphatic heterocycles. The molecule has 0 spiro atoms. The minimum absolute atomic E-state index is 0.0110. The van der Waals surface area contributed by atoms with Crippen LogP contribution in [0.5, 0.6) is 5.75 Å². The summed E-state index contributed by atoms with van der Waals surface area (Å²) in [4.78, 5) is 14.8. The van der Waals surface area contributed by atoms with Gasteiger partial charge in [0.2, 0.25) is 0 Å². The maximum absolute atomic E-state index is 12.6. The third-order valence-electron chi connectivity index (χ3n) is 5.19. The van der Waals surface area contributed by atoms with Crippen molar-refractivity contribution in [3.05, 3.63) is 29.3 Å². The van der Waals surface area contributed by atoms with Gasteiger partial charge < -0.3 is 19.7 Å². The van der Waals surface area contributed by atoms with Crippen LogP contribution in [0.15, 0.2) is 18.2 Å². The van der Waals surface area contributed by atoms with E-state index in [0.717, 1.165) is 36.3 Å². The second-order valence-corrected chi connectivity index (χ2v) is 6.66. The first-order valence-corrected chi connectivity index (χ1v) is 8.00. The highest BCUT2D eigenvalue weighted by Crippen LogP contribution is 2.41. The summed E-state index contributed by atoms with van der Waals surface area (Å²) in [5.74, 6) is 1.38. The van der Waals surface area contributed by atoms with Crippen molar-refractivity contribution in [3.8, 4) is 5.75 Å². The monoisotopic (exact) mass is 302 g/mol. The van der Waals surface area contributed by atoms with Crippen molar-refractivity contribution in [3.63, 3.8) is 0 Å². The fourth-order valence-electron chi connectivity index (χ4n) is 4.05. The molecule has 2 fully saturated rings. The number of likely N-dealkylation sites (N-methyl/N-ethyl adjacent to an activating group) is 1. The average molecular weight is 302 g/mol. The standard InChI is InChI=1S/C17H22N2O3/c1-19(2)15-14(12-6-8-22-16(12)15)18-17(20)11-3-4-13-10(9-11)5-7-21-13/h3-4,9,12,14-16H,5-8H2,1-2H3,(H,18,20)/t12-,14+,15-,16-/m1/s1. The fraction of sp³-hybridized carbons (Fsp3) is 0.588. The summed E-state index contributed by atoms with van der Waals surface area (Å²) in [7, 11) is 4.10. The maximum Gasteiger partial charge on any atom is 0.251 e. The highest BCUT2D eigenvalue weighted by molar-refractivity contribution is 5.95. The van der Waals surface area contributed by atoms with Gasteiger partial charge >= 0.3 is 0 Å². The van der Waals surface area contributed by atoms with Gasteiger partial charge in [-0.25, -0.2) is 0 Å². The molecule has 1 amide bonds. The van der Waals surface area contributed by atoms with Crippen LogP contribution in [-0.2, 0) is 11.2 Å². The zero-order chi connectivity index (χ0) is 15.3. The smallest absolute Gasteiger partial charge is 0.251 e. The minimum atomic E-state index is 0.0110. The molecule has 5 heteroatoms. The normalized spacial score (nSPS) is 32.1. The molecular weight excluding hydrogens is 280 g/mol. The van der Waals surface area contributed by atoms with E-state index < -0.39 is 0 Å². The second kappa shape index (κ2) is 5.25. The highest BCUT2D eigenvalue weighted by Gasteiger charge is 2.55. The van der Waals surface area contributed by atoms with Crippen molar-refractivity contribution >= 4 is 5.91 Å². The van der Waals surface area contributed by atoms with Crippen LogP contribution in [0.3, 0.4) is 0 Å². The Morgan fingerprint density at radius 1 is 1.32 bits per heavy atom. The Hall–Kier alpha value is -1.59. The number of carbonyl (C=O) groups is 1. The molecule has 0 aromatic heterocycles. The Morgan fingerprint density at radius 3 is 3.00 bits per heavy atom. The molecule has 2 heterocycles. The van der Waals surface area contributed by atoms with E-state index in [1.165, 1.54) is 0 Å². The predicted molar refractivity (Wildman–Crippen MR) is 82.2 cm³/mol. The number of nitrogens with one attached hydrogen (secondary N) is 1. The lowest BCUT2D eigenvalue weighted by Crippen LogP contribution is -2.69. The maximum atomic E-state index is 12.6. The minimum Gasteiger partial charge on any atom is -0.493 e. The quantitative estimate of drug-likeness (QED) is 0.907. The molecule has 1 N–H and O–H groups in total. The van der Waals surface area contributed by atoms with E-state index in [9.17, 15) is 4.79 Å². The van der Waals surface area contributed by atoms with E-state index >= 15 is 0 Å². The first kappa shape index (κ1) is 14.0. The largest absolute Gasteiger partial charge is 0.493 e. The van der Waals surface area contributed by atoms with Gasteiger partial charge in [0.1, 0.15) is 5.75 Å². The lowest BCUT2D eigenvalue weighted by Gasteiger charge is -2.50. The molecule has 0 radical (unpaired) electrons. The zero-order valence-electron chi connectivity index (χ0n) is 13.0. The molecule has 4 atom stereocenters. The van der Waals surface area contributed by atoms with Crippen LogP contribution in [0.2, 0.25) is 0 Å². The lowest BCUT2D eigenvalue weighted by atomic mass is 9.71. The summed E-state index contributed by atoms with van der Waals surface area (Å²) >= 11 is 0. The molecule has 1 aliphatic carbocycles. The van der Waals surface area contributed by atoms with Gasteiger partial charge in [-0.3, -0.25) is 4.79 Å². The topological polar surface area (TPSA) is 50.8 Å². The predicted octanol–water partition coefficient (Wildman–Crippen LogP) is 1.07. The summed E-state index contributed by atoms with van der Waals surface area (Å²) < 4.78 is 11.3. The van der Waals surface area contributed by atoms with Gasteiger partial charge in [-0.1, -0.05) is 0 Å². The number of carbonyl (C=O) groups excluding carboxylic acids is 1. The van der Waals surface area contributed by atoms with Crippen LogP contribution in [0.4, 0.5) is 0 Å². The molecule has 1 aromatic carbocycles. The van der Waals surface area contributed by atoms with Crippen LogP contribution in [0.1, 0.15) is 22.3 Å². The molecule has 4 rings (SSSR count). The van der Waals surface area contributed by atoms with Gasteiger partial charge in [0, 0.05) is 24.5 Å². The van der Waals surface area contributed by atoms with E-state index in [-0.39, 0.29) is 24.1 Å². The van der Waals surface area contributed by atoms with Gasteiger partial charge in [0.25, 0.3) is 5.91 Å². The van der Waals surface area contributed by atoms with Gasteiger partial charge in [0.15, 0.2) is 0 Å². The second-order valence-electron chi connectivity index (χ2n) is 6.66. The van der Waals surface area contributed by atoms with Crippen molar-refractivity contribution in [1.82, 2.24) is 10.2 Å². The van der Waals surface area contributed by atoms with E-state index in [0.29, 0.717) is 12.5 Å². The average Bonchev–Trinajstić information content (AvgIpc) is 3.10. The van der Waals surface area contributed by atoms with Crippen molar-refractivity contribution in [2.45, 2.75) is 31.0 Å². The van der Waals surface area contributed by atoms with Gasteiger partial charge in [-0.15, -0.1) is 0 Å². The first-order chi connectivity index (χ1) is 10.6. The van der Waals surface area contributed by atoms with Crippen LogP contribution >= 0.6 is 0 Å². The Kier molecular flexibility index (Phi) is 3.35. The van der Waals surface area contributed by atoms with Crippen molar-refractivity contribution < 1.29 is 14.3 Å². The van der Waals surface area contributed by atoms with Gasteiger partial charge in [0.05, 0.1) is 24.8 Å². The fourth-order valence-corrected chi connectivity index (χ4v) is 4.05. The van der Waals surface area contributed by atoms with E-state index in [1.807, 2.05) is 18.2 Å². The number of hydrogen-bond donors (Lipinski definition) is 1. The third-order valence-corrected chi connectivity index (χ3v) is 5.19. The summed E-state index contributed by atoms with van der Waals surface area (Å²) in [5, 5.41) is 3.23. The SMILES string of the molecule is CN(C)[C@@H]1[C@@H](NC(=O)c2ccc3c(c2)CCO3)[C@H]2CCO[C@H]21. The molecule has 5 nitrogen and oxygen atoms in total. The number of rotatable bonds is 3. The van der Waals surface area contributed by atoms with Crippen molar-refractivity contribution in [2.75, 3.05) is 27.3 Å². The number of amides is 1. The summed E-state index contributed by atoms with van der Waals surface area (Å²) in [6, 6.07) is 6.17. The van der Waals surface area contributed by atoms with Crippen LogP contribution in [0, 0.1) is 5.92 Å². The molecule has 1 saturated heterocycles. The number of nitrogens with zero attached hydrogens (tertiary/aromatic N) is 1. The Bertz CT molecular complexity index is 602. The number of fused-ring (bicyclic) bond motifs is 2. The lowest BCUT2D eigenvalue weighted by molar-refractivity contribution is -0.0664.